The van der Waals surface area contributed by atoms with Crippen molar-refractivity contribution in [3.05, 3.63) is 48.3 Å². The zero-order valence-electron chi connectivity index (χ0n) is 16.4. The van der Waals surface area contributed by atoms with Crippen LogP contribution in [0.15, 0.2) is 47.5 Å². The summed E-state index contributed by atoms with van der Waals surface area (Å²) in [5.41, 5.74) is 2.15. The zero-order valence-corrected chi connectivity index (χ0v) is 17.2. The van der Waals surface area contributed by atoms with Crippen LogP contribution in [0.2, 0.25) is 0 Å². The number of pyridine rings is 1. The van der Waals surface area contributed by atoms with Gasteiger partial charge in [-0.25, -0.2) is 13.4 Å². The Kier molecular flexibility index (Phi) is 5.10. The average Bonchev–Trinajstić information content (AvgIpc) is 3.05. The van der Waals surface area contributed by atoms with E-state index in [2.05, 4.69) is 15.4 Å². The third-order valence-corrected chi connectivity index (χ3v) is 7.05. The number of benzene rings is 1. The zero-order chi connectivity index (χ0) is 20.6. The van der Waals surface area contributed by atoms with E-state index in [1.807, 2.05) is 19.2 Å². The molecule has 3 aromatic rings. The number of carbonyl (C=O) groups excluding carboxylic acids is 1. The fourth-order valence-corrected chi connectivity index (χ4v) is 5.46. The molecule has 0 radical (unpaired) electrons. The molecule has 1 aliphatic rings. The number of hydrogen-bond donors (Lipinski definition) is 1. The van der Waals surface area contributed by atoms with Crippen molar-refractivity contribution in [1.82, 2.24) is 19.1 Å². The Labute approximate surface area is 169 Å². The minimum Gasteiger partial charge on any atom is -0.326 e. The van der Waals surface area contributed by atoms with Crippen molar-refractivity contribution in [3.8, 4) is 0 Å². The molecule has 1 saturated heterocycles. The van der Waals surface area contributed by atoms with E-state index < -0.39 is 10.0 Å². The van der Waals surface area contributed by atoms with Crippen molar-refractivity contribution in [2.24, 2.45) is 7.05 Å². The van der Waals surface area contributed by atoms with Crippen LogP contribution in [0.1, 0.15) is 31.4 Å². The first kappa shape index (κ1) is 19.5. The van der Waals surface area contributed by atoms with Crippen molar-refractivity contribution in [2.75, 3.05) is 18.4 Å². The van der Waals surface area contributed by atoms with Crippen LogP contribution < -0.4 is 5.32 Å². The Bertz CT molecular complexity index is 1170. The van der Waals surface area contributed by atoms with E-state index in [4.69, 9.17) is 0 Å². The van der Waals surface area contributed by atoms with Crippen molar-refractivity contribution >= 4 is 32.7 Å². The first-order valence-corrected chi connectivity index (χ1v) is 11.0. The number of rotatable bonds is 4. The Morgan fingerprint density at radius 2 is 2.07 bits per heavy atom. The summed E-state index contributed by atoms with van der Waals surface area (Å²) in [5.74, 6) is -0.238. The Morgan fingerprint density at radius 3 is 2.86 bits per heavy atom. The molecule has 4 rings (SSSR count). The fraction of sp³-hybridized carbons (Fsp3) is 0.350. The third kappa shape index (κ3) is 3.75. The predicted octanol–water partition coefficient (Wildman–Crippen LogP) is 2.50. The second kappa shape index (κ2) is 7.57. The number of piperidine rings is 1. The molecule has 1 atom stereocenters. The molecule has 1 N–H and O–H groups in total. The van der Waals surface area contributed by atoms with Gasteiger partial charge in [0.15, 0.2) is 5.65 Å². The molecule has 0 bridgehead atoms. The largest absolute Gasteiger partial charge is 0.326 e. The van der Waals surface area contributed by atoms with Crippen LogP contribution in [-0.4, -0.2) is 46.5 Å². The van der Waals surface area contributed by atoms with E-state index in [1.165, 1.54) is 17.3 Å². The summed E-state index contributed by atoms with van der Waals surface area (Å²) in [4.78, 5) is 15.9. The molecule has 1 aliphatic heterocycles. The van der Waals surface area contributed by atoms with Gasteiger partial charge in [-0.1, -0.05) is 6.07 Å². The van der Waals surface area contributed by atoms with Gasteiger partial charge in [0, 0.05) is 50.2 Å². The van der Waals surface area contributed by atoms with Crippen molar-refractivity contribution in [3.63, 3.8) is 0 Å². The monoisotopic (exact) mass is 413 g/mol. The average molecular weight is 414 g/mol. The maximum Gasteiger partial charge on any atom is 0.243 e. The minimum atomic E-state index is -3.68. The Hall–Kier alpha value is -2.78. The summed E-state index contributed by atoms with van der Waals surface area (Å²) >= 11 is 0. The lowest BCUT2D eigenvalue weighted by Crippen LogP contribution is -2.39. The summed E-state index contributed by atoms with van der Waals surface area (Å²) in [6.45, 7) is 2.22. The predicted molar refractivity (Wildman–Crippen MR) is 110 cm³/mol. The number of aromatic nitrogens is 3. The van der Waals surface area contributed by atoms with Gasteiger partial charge in [-0.3, -0.25) is 9.48 Å². The second-order valence-electron chi connectivity index (χ2n) is 7.29. The molecule has 1 fully saturated rings. The summed E-state index contributed by atoms with van der Waals surface area (Å²) in [6.07, 6.45) is 3.36. The molecule has 1 unspecified atom stereocenters. The van der Waals surface area contributed by atoms with E-state index in [1.54, 1.807) is 29.1 Å². The number of nitrogens with one attached hydrogen (secondary N) is 1. The fourth-order valence-electron chi connectivity index (χ4n) is 3.89. The van der Waals surface area contributed by atoms with E-state index in [9.17, 15) is 13.2 Å². The topological polar surface area (TPSA) is 97.2 Å². The van der Waals surface area contributed by atoms with Crippen molar-refractivity contribution in [2.45, 2.75) is 30.6 Å². The standard InChI is InChI=1S/C20H23N5O3S/c1-14(26)22-16-7-3-8-17(12-16)29(27,28)25-11-5-6-15(13-25)19-18-9-4-10-21-20(18)24(2)23-19/h3-4,7-10,12,15H,5-6,11,13H2,1-2H3,(H,22,26). The lowest BCUT2D eigenvalue weighted by molar-refractivity contribution is -0.114. The number of carbonyl (C=O) groups is 1. The number of nitrogens with zero attached hydrogens (tertiary/aromatic N) is 4. The van der Waals surface area contributed by atoms with Gasteiger partial charge < -0.3 is 5.32 Å². The molecule has 1 aromatic carbocycles. The van der Waals surface area contributed by atoms with E-state index >= 15 is 0 Å². The number of fused-ring (bicyclic) bond motifs is 1. The second-order valence-corrected chi connectivity index (χ2v) is 9.23. The van der Waals surface area contributed by atoms with Crippen LogP contribution in [0.3, 0.4) is 0 Å². The highest BCUT2D eigenvalue weighted by Gasteiger charge is 2.33. The molecule has 152 valence electrons. The molecule has 8 nitrogen and oxygen atoms in total. The number of aryl methyl sites for hydroxylation is 1. The maximum atomic E-state index is 13.2. The Balaban J connectivity index is 1.63. The molecule has 9 heteroatoms. The first-order valence-electron chi connectivity index (χ1n) is 9.51. The van der Waals surface area contributed by atoms with Crippen LogP contribution in [0.5, 0.6) is 0 Å². The van der Waals surface area contributed by atoms with Gasteiger partial charge in [0.2, 0.25) is 15.9 Å². The molecule has 0 spiro atoms. The van der Waals surface area contributed by atoms with Gasteiger partial charge >= 0.3 is 0 Å². The number of anilines is 1. The summed E-state index contributed by atoms with van der Waals surface area (Å²) in [7, 11) is -1.83. The molecule has 0 saturated carbocycles. The van der Waals surface area contributed by atoms with E-state index in [0.29, 0.717) is 18.8 Å². The third-order valence-electron chi connectivity index (χ3n) is 5.19. The number of amides is 1. The van der Waals surface area contributed by atoms with Gasteiger partial charge in [-0.05, 0) is 43.2 Å². The summed E-state index contributed by atoms with van der Waals surface area (Å²) in [5, 5.41) is 8.24. The van der Waals surface area contributed by atoms with Gasteiger partial charge in [-0.2, -0.15) is 9.40 Å². The van der Waals surface area contributed by atoms with Crippen molar-refractivity contribution < 1.29 is 13.2 Å². The quantitative estimate of drug-likeness (QED) is 0.709. The molecular weight excluding hydrogens is 390 g/mol. The summed E-state index contributed by atoms with van der Waals surface area (Å²) in [6, 6.07) is 10.2. The number of sulfonamides is 1. The van der Waals surface area contributed by atoms with Gasteiger partial charge in [0.1, 0.15) is 0 Å². The highest BCUT2D eigenvalue weighted by atomic mass is 32.2. The highest BCUT2D eigenvalue weighted by Crippen LogP contribution is 2.33. The lowest BCUT2D eigenvalue weighted by Gasteiger charge is -2.31. The first-order chi connectivity index (χ1) is 13.9. The molecule has 0 aliphatic carbocycles. The van der Waals surface area contributed by atoms with Crippen LogP contribution in [0.4, 0.5) is 5.69 Å². The summed E-state index contributed by atoms with van der Waals surface area (Å²) < 4.78 is 29.8. The molecule has 2 aromatic heterocycles. The highest BCUT2D eigenvalue weighted by molar-refractivity contribution is 7.89. The van der Waals surface area contributed by atoms with Crippen LogP contribution in [-0.2, 0) is 21.9 Å². The maximum absolute atomic E-state index is 13.2. The Morgan fingerprint density at radius 1 is 1.24 bits per heavy atom. The number of hydrogen-bond acceptors (Lipinski definition) is 5. The molecule has 3 heterocycles. The van der Waals surface area contributed by atoms with Crippen LogP contribution >= 0.6 is 0 Å². The SMILES string of the molecule is CC(=O)Nc1cccc(S(=O)(=O)N2CCCC(c3nn(C)c4ncccc34)C2)c1. The van der Waals surface area contributed by atoms with Crippen LogP contribution in [0, 0.1) is 0 Å². The normalized spacial score (nSPS) is 18.1. The van der Waals surface area contributed by atoms with Gasteiger partial charge in [0.05, 0.1) is 10.6 Å². The molecule has 1 amide bonds. The van der Waals surface area contributed by atoms with Gasteiger partial charge in [0.25, 0.3) is 0 Å². The van der Waals surface area contributed by atoms with Crippen LogP contribution in [0.25, 0.3) is 11.0 Å². The smallest absolute Gasteiger partial charge is 0.243 e. The van der Waals surface area contributed by atoms with Gasteiger partial charge in [-0.15, -0.1) is 0 Å². The molecule has 29 heavy (non-hydrogen) atoms. The molecular formula is C20H23N5O3S. The lowest BCUT2D eigenvalue weighted by atomic mass is 9.94. The van der Waals surface area contributed by atoms with Crippen molar-refractivity contribution in [1.29, 1.82) is 0 Å². The van der Waals surface area contributed by atoms with E-state index in [-0.39, 0.29) is 16.7 Å². The minimum absolute atomic E-state index is 0.00459. The van der Waals surface area contributed by atoms with E-state index in [0.717, 1.165) is 29.6 Å².